The van der Waals surface area contributed by atoms with Crippen molar-refractivity contribution < 1.29 is 14.7 Å². The van der Waals surface area contributed by atoms with E-state index in [1.807, 2.05) is 0 Å². The van der Waals surface area contributed by atoms with E-state index in [1.165, 1.54) is 89.9 Å². The molecule has 0 fully saturated rings. The Kier molecular flexibility index (Phi) is 20.7. The highest BCUT2D eigenvalue weighted by atomic mass is 16.4. The summed E-state index contributed by atoms with van der Waals surface area (Å²) in [4.78, 5) is 21.4. The first kappa shape index (κ1) is 26.1. The second-order valence-electron chi connectivity index (χ2n) is 7.89. The number of carbonyl (C=O) groups excluding carboxylic acids is 1. The van der Waals surface area contributed by atoms with Gasteiger partial charge in [0.05, 0.1) is 0 Å². The van der Waals surface area contributed by atoms with Crippen LogP contribution in [0, 0.1) is 0 Å². The van der Waals surface area contributed by atoms with Crippen molar-refractivity contribution >= 4 is 12.3 Å². The van der Waals surface area contributed by atoms with Gasteiger partial charge in [0.2, 0.25) is 0 Å². The standard InChI is InChI=1S/C23H45NO3/c1-2-3-4-5-6-7-8-9-10-11-12-13-14-15-16-17-20-24-22(23(26)27)19-18-21-25/h21-22,24H,2-20H2,1H3,(H,26,27)/t22-/m0/s1. The highest BCUT2D eigenvalue weighted by Crippen LogP contribution is 2.13. The van der Waals surface area contributed by atoms with E-state index in [-0.39, 0.29) is 0 Å². The summed E-state index contributed by atoms with van der Waals surface area (Å²) in [5.74, 6) is -0.853. The second kappa shape index (κ2) is 21.4. The van der Waals surface area contributed by atoms with Crippen LogP contribution < -0.4 is 5.32 Å². The van der Waals surface area contributed by atoms with Crippen molar-refractivity contribution in [3.63, 3.8) is 0 Å². The molecule has 1 atom stereocenters. The maximum absolute atomic E-state index is 11.0. The average Bonchev–Trinajstić information content (AvgIpc) is 2.66. The number of aldehydes is 1. The van der Waals surface area contributed by atoms with Gasteiger partial charge in [-0.15, -0.1) is 0 Å². The number of rotatable bonds is 22. The Labute approximate surface area is 167 Å². The van der Waals surface area contributed by atoms with E-state index in [0.717, 1.165) is 25.7 Å². The summed E-state index contributed by atoms with van der Waals surface area (Å²) in [6.07, 6.45) is 23.0. The lowest BCUT2D eigenvalue weighted by Gasteiger charge is -2.12. The zero-order valence-electron chi connectivity index (χ0n) is 17.9. The molecule has 0 heterocycles. The molecule has 0 aliphatic rings. The van der Waals surface area contributed by atoms with Crippen LogP contribution in [-0.4, -0.2) is 29.9 Å². The summed E-state index contributed by atoms with van der Waals surface area (Å²) >= 11 is 0. The van der Waals surface area contributed by atoms with Gasteiger partial charge in [-0.2, -0.15) is 0 Å². The van der Waals surface area contributed by atoms with Gasteiger partial charge < -0.3 is 15.2 Å². The topological polar surface area (TPSA) is 66.4 Å². The first-order valence-electron chi connectivity index (χ1n) is 11.6. The van der Waals surface area contributed by atoms with Crippen molar-refractivity contribution in [1.29, 1.82) is 0 Å². The molecular formula is C23H45NO3. The van der Waals surface area contributed by atoms with E-state index in [9.17, 15) is 9.59 Å². The number of unbranched alkanes of at least 4 members (excludes halogenated alkanes) is 15. The minimum absolute atomic E-state index is 0.308. The lowest BCUT2D eigenvalue weighted by Crippen LogP contribution is -2.37. The fraction of sp³-hybridized carbons (Fsp3) is 0.913. The second-order valence-corrected chi connectivity index (χ2v) is 7.89. The van der Waals surface area contributed by atoms with Gasteiger partial charge in [0.15, 0.2) is 0 Å². The van der Waals surface area contributed by atoms with Crippen LogP contribution in [-0.2, 0) is 9.59 Å². The molecule has 0 aromatic carbocycles. The molecule has 0 rings (SSSR count). The summed E-state index contributed by atoms with van der Waals surface area (Å²) in [6.45, 7) is 3.00. The third-order valence-electron chi connectivity index (χ3n) is 5.29. The Morgan fingerprint density at radius 3 is 1.56 bits per heavy atom. The molecule has 0 radical (unpaired) electrons. The van der Waals surface area contributed by atoms with Crippen LogP contribution in [0.3, 0.4) is 0 Å². The fourth-order valence-corrected chi connectivity index (χ4v) is 3.50. The van der Waals surface area contributed by atoms with Gasteiger partial charge in [0, 0.05) is 6.42 Å². The third-order valence-corrected chi connectivity index (χ3v) is 5.29. The molecule has 0 saturated carbocycles. The zero-order chi connectivity index (χ0) is 20.0. The van der Waals surface area contributed by atoms with Gasteiger partial charge in [0.25, 0.3) is 0 Å². The smallest absolute Gasteiger partial charge is 0.320 e. The monoisotopic (exact) mass is 383 g/mol. The van der Waals surface area contributed by atoms with Gasteiger partial charge in [-0.3, -0.25) is 4.79 Å². The molecule has 27 heavy (non-hydrogen) atoms. The first-order chi connectivity index (χ1) is 13.2. The summed E-state index contributed by atoms with van der Waals surface area (Å²) in [5.41, 5.74) is 0. The SMILES string of the molecule is CCCCCCCCCCCCCCCCCCN[C@@H](CCC=O)C(=O)O. The van der Waals surface area contributed by atoms with Gasteiger partial charge in [-0.05, 0) is 19.4 Å². The van der Waals surface area contributed by atoms with Crippen LogP contribution >= 0.6 is 0 Å². The molecule has 4 heteroatoms. The molecule has 0 aromatic rings. The lowest BCUT2D eigenvalue weighted by molar-refractivity contribution is -0.139. The number of aliphatic carboxylic acids is 1. The molecule has 0 aromatic heterocycles. The van der Waals surface area contributed by atoms with Crippen LogP contribution in [0.15, 0.2) is 0 Å². The highest BCUT2D eigenvalue weighted by molar-refractivity contribution is 5.73. The van der Waals surface area contributed by atoms with Crippen LogP contribution in [0.5, 0.6) is 0 Å². The third kappa shape index (κ3) is 19.7. The number of carbonyl (C=O) groups is 2. The zero-order valence-corrected chi connectivity index (χ0v) is 17.9. The number of hydrogen-bond acceptors (Lipinski definition) is 3. The maximum Gasteiger partial charge on any atom is 0.320 e. The predicted molar refractivity (Wildman–Crippen MR) is 114 cm³/mol. The predicted octanol–water partition coefficient (Wildman–Crippen LogP) is 6.27. The van der Waals surface area contributed by atoms with E-state index in [1.54, 1.807) is 0 Å². The summed E-state index contributed by atoms with van der Waals surface area (Å²) in [7, 11) is 0. The van der Waals surface area contributed by atoms with Crippen molar-refractivity contribution in [3.05, 3.63) is 0 Å². The highest BCUT2D eigenvalue weighted by Gasteiger charge is 2.15. The van der Waals surface area contributed by atoms with Gasteiger partial charge in [-0.1, -0.05) is 103 Å². The molecule has 0 spiro atoms. The lowest BCUT2D eigenvalue weighted by atomic mass is 10.0. The van der Waals surface area contributed by atoms with E-state index in [0.29, 0.717) is 12.8 Å². The van der Waals surface area contributed by atoms with Crippen LogP contribution in [0.2, 0.25) is 0 Å². The van der Waals surface area contributed by atoms with E-state index >= 15 is 0 Å². The normalized spacial score (nSPS) is 12.2. The van der Waals surface area contributed by atoms with Crippen molar-refractivity contribution in [2.24, 2.45) is 0 Å². The maximum atomic E-state index is 11.0. The summed E-state index contributed by atoms with van der Waals surface area (Å²) in [6, 6.07) is -0.577. The van der Waals surface area contributed by atoms with Crippen LogP contribution in [0.25, 0.3) is 0 Å². The molecule has 4 nitrogen and oxygen atoms in total. The molecular weight excluding hydrogens is 338 g/mol. The van der Waals surface area contributed by atoms with Crippen molar-refractivity contribution in [2.75, 3.05) is 6.54 Å². The number of carboxylic acid groups (broad SMARTS) is 1. The molecule has 160 valence electrons. The van der Waals surface area contributed by atoms with Gasteiger partial charge >= 0.3 is 5.97 Å². The largest absolute Gasteiger partial charge is 0.480 e. The molecule has 2 N–H and O–H groups in total. The molecule has 0 amide bonds. The molecule has 0 unspecified atom stereocenters. The molecule has 0 bridgehead atoms. The Hall–Kier alpha value is -0.900. The summed E-state index contributed by atoms with van der Waals surface area (Å²) in [5, 5.41) is 12.1. The number of nitrogens with one attached hydrogen (secondary N) is 1. The Bertz CT molecular complexity index is 334. The average molecular weight is 384 g/mol. The minimum Gasteiger partial charge on any atom is -0.480 e. The van der Waals surface area contributed by atoms with E-state index in [2.05, 4.69) is 12.2 Å². The quantitative estimate of drug-likeness (QED) is 0.171. The Morgan fingerprint density at radius 2 is 1.19 bits per heavy atom. The molecule has 0 saturated heterocycles. The van der Waals surface area contributed by atoms with E-state index < -0.39 is 12.0 Å². The molecule has 0 aliphatic carbocycles. The van der Waals surface area contributed by atoms with Crippen LogP contribution in [0.1, 0.15) is 122 Å². The van der Waals surface area contributed by atoms with Crippen LogP contribution in [0.4, 0.5) is 0 Å². The number of carboxylic acids is 1. The van der Waals surface area contributed by atoms with Crippen molar-refractivity contribution in [2.45, 2.75) is 129 Å². The van der Waals surface area contributed by atoms with Gasteiger partial charge in [-0.25, -0.2) is 0 Å². The minimum atomic E-state index is -0.853. The first-order valence-corrected chi connectivity index (χ1v) is 11.6. The van der Waals surface area contributed by atoms with Crippen molar-refractivity contribution in [1.82, 2.24) is 5.32 Å². The van der Waals surface area contributed by atoms with Gasteiger partial charge in [0.1, 0.15) is 12.3 Å². The fourth-order valence-electron chi connectivity index (χ4n) is 3.50. The Morgan fingerprint density at radius 1 is 0.778 bits per heavy atom. The van der Waals surface area contributed by atoms with Crippen molar-refractivity contribution in [3.8, 4) is 0 Å². The number of hydrogen-bond donors (Lipinski definition) is 2. The summed E-state index contributed by atoms with van der Waals surface area (Å²) < 4.78 is 0. The van der Waals surface area contributed by atoms with E-state index in [4.69, 9.17) is 5.11 Å². The Balaban J connectivity index is 3.22. The molecule has 0 aliphatic heterocycles.